The third-order valence-corrected chi connectivity index (χ3v) is 8.01. The third-order valence-electron chi connectivity index (χ3n) is 4.65. The zero-order valence-electron chi connectivity index (χ0n) is 14.2. The number of hydrogen-bond donors (Lipinski definition) is 0. The van der Waals surface area contributed by atoms with Crippen LogP contribution in [0.4, 0.5) is 5.13 Å². The number of anilines is 1. The maximum absolute atomic E-state index is 12.7. The van der Waals surface area contributed by atoms with Crippen molar-refractivity contribution in [2.45, 2.75) is 24.2 Å². The number of piperidine rings is 1. The number of halogens is 1. The maximum atomic E-state index is 12.7. The predicted molar refractivity (Wildman–Crippen MR) is 102 cm³/mol. The molecule has 2 aromatic rings. The monoisotopic (exact) mass is 425 g/mol. The lowest BCUT2D eigenvalue weighted by molar-refractivity contribution is 0.0821. The zero-order valence-corrected chi connectivity index (χ0v) is 16.6. The van der Waals surface area contributed by atoms with Gasteiger partial charge in [-0.15, -0.1) is 0 Å². The molecule has 0 aliphatic carbocycles. The highest BCUT2D eigenvalue weighted by atomic mass is 35.5. The Morgan fingerprint density at radius 1 is 1.22 bits per heavy atom. The fraction of sp³-hybridized carbons (Fsp3) is 0.353. The Hall–Kier alpha value is -1.97. The van der Waals surface area contributed by atoms with Crippen LogP contribution in [0.3, 0.4) is 0 Å². The number of hydrogen-bond acceptors (Lipinski definition) is 7. The Morgan fingerprint density at radius 2 is 1.96 bits per heavy atom. The van der Waals surface area contributed by atoms with Crippen molar-refractivity contribution in [2.24, 2.45) is 0 Å². The highest BCUT2D eigenvalue weighted by molar-refractivity contribution is 7.90. The molecular formula is C17H16ClN3O4S2. The van der Waals surface area contributed by atoms with E-state index in [1.165, 1.54) is 42.2 Å². The molecule has 0 bridgehead atoms. The van der Waals surface area contributed by atoms with E-state index in [9.17, 15) is 18.0 Å². The van der Waals surface area contributed by atoms with Crippen LogP contribution in [0.5, 0.6) is 0 Å². The number of carbonyl (C=O) groups excluding carboxylic acids is 2. The van der Waals surface area contributed by atoms with E-state index in [4.69, 9.17) is 11.6 Å². The topological polar surface area (TPSA) is 87.7 Å². The molecule has 1 saturated heterocycles. The molecule has 0 radical (unpaired) electrons. The van der Waals surface area contributed by atoms with E-state index in [0.717, 1.165) is 31.1 Å². The summed E-state index contributed by atoms with van der Waals surface area (Å²) in [5.41, 5.74) is -0.00592. The van der Waals surface area contributed by atoms with Crippen molar-refractivity contribution in [1.82, 2.24) is 9.29 Å². The summed E-state index contributed by atoms with van der Waals surface area (Å²) in [4.78, 5) is 31.6. The first-order valence-electron chi connectivity index (χ1n) is 8.49. The first kappa shape index (κ1) is 18.4. The molecule has 0 spiro atoms. The molecule has 142 valence electrons. The summed E-state index contributed by atoms with van der Waals surface area (Å²) in [7, 11) is -4.14. The predicted octanol–water partition coefficient (Wildman–Crippen LogP) is 2.81. The van der Waals surface area contributed by atoms with Gasteiger partial charge in [-0.1, -0.05) is 29.0 Å². The summed E-state index contributed by atoms with van der Waals surface area (Å²) < 4.78 is 26.0. The molecule has 0 atom stereocenters. The van der Waals surface area contributed by atoms with Crippen LogP contribution in [0.1, 0.15) is 39.3 Å². The Balaban J connectivity index is 1.56. The van der Waals surface area contributed by atoms with Gasteiger partial charge in [0.25, 0.3) is 15.9 Å². The lowest BCUT2D eigenvalue weighted by Gasteiger charge is -2.25. The van der Waals surface area contributed by atoms with Gasteiger partial charge in [-0.2, -0.15) is 0 Å². The molecule has 1 fully saturated rings. The van der Waals surface area contributed by atoms with Crippen molar-refractivity contribution in [3.05, 3.63) is 39.9 Å². The van der Waals surface area contributed by atoms with Gasteiger partial charge >= 0.3 is 0 Å². The average Bonchev–Trinajstić information content (AvgIpc) is 3.22. The van der Waals surface area contributed by atoms with Crippen LogP contribution in [-0.2, 0) is 10.0 Å². The average molecular weight is 426 g/mol. The Bertz CT molecular complexity index is 1030. The summed E-state index contributed by atoms with van der Waals surface area (Å²) in [6.07, 6.45) is 4.81. The largest absolute Gasteiger partial charge is 0.348 e. The van der Waals surface area contributed by atoms with Gasteiger partial charge in [0.1, 0.15) is 11.4 Å². The summed E-state index contributed by atoms with van der Waals surface area (Å²) in [5.74, 6) is -1.20. The van der Waals surface area contributed by atoms with Crippen LogP contribution in [0.15, 0.2) is 29.3 Å². The van der Waals surface area contributed by atoms with E-state index in [-0.39, 0.29) is 15.5 Å². The lowest BCUT2D eigenvalue weighted by Crippen LogP contribution is -2.34. The normalized spacial score (nSPS) is 18.6. The molecule has 2 aliphatic rings. The van der Waals surface area contributed by atoms with E-state index < -0.39 is 28.3 Å². The van der Waals surface area contributed by atoms with Gasteiger partial charge < -0.3 is 4.90 Å². The van der Waals surface area contributed by atoms with Gasteiger partial charge in [-0.05, 0) is 31.4 Å². The van der Waals surface area contributed by atoms with Crippen LogP contribution in [0.2, 0.25) is 5.02 Å². The number of carbonyl (C=O) groups is 2. The van der Waals surface area contributed by atoms with Gasteiger partial charge in [0, 0.05) is 13.1 Å². The van der Waals surface area contributed by atoms with E-state index in [1.54, 1.807) is 0 Å². The summed E-state index contributed by atoms with van der Waals surface area (Å²) in [5, 5.41) is 0.723. The molecule has 10 heteroatoms. The molecule has 3 heterocycles. The number of rotatable bonds is 4. The second-order valence-corrected chi connectivity index (χ2v) is 9.63. The summed E-state index contributed by atoms with van der Waals surface area (Å²) in [6.45, 7) is 1.23. The Kier molecular flexibility index (Phi) is 4.69. The van der Waals surface area contributed by atoms with Gasteiger partial charge in [0.2, 0.25) is 0 Å². The number of aromatic nitrogens is 1. The van der Waals surface area contributed by atoms with E-state index in [1.807, 2.05) is 0 Å². The van der Waals surface area contributed by atoms with E-state index >= 15 is 0 Å². The molecule has 2 aliphatic heterocycles. The van der Waals surface area contributed by atoms with Crippen molar-refractivity contribution in [2.75, 3.05) is 24.5 Å². The highest BCUT2D eigenvalue weighted by Gasteiger charge is 2.43. The summed E-state index contributed by atoms with van der Waals surface area (Å²) >= 11 is 7.20. The van der Waals surface area contributed by atoms with E-state index in [2.05, 4.69) is 9.88 Å². The molecule has 1 aromatic carbocycles. The minimum Gasteiger partial charge on any atom is -0.348 e. The number of benzene rings is 1. The van der Waals surface area contributed by atoms with Crippen molar-refractivity contribution in [3.63, 3.8) is 0 Å². The van der Waals surface area contributed by atoms with Gasteiger partial charge in [-0.25, -0.2) is 17.7 Å². The fourth-order valence-corrected chi connectivity index (χ4v) is 6.22. The molecule has 0 saturated carbocycles. The third kappa shape index (κ3) is 3.13. The molecule has 1 aromatic heterocycles. The van der Waals surface area contributed by atoms with Crippen molar-refractivity contribution < 1.29 is 18.0 Å². The number of Topliss-reactive ketones (excluding diaryl/α,β-unsaturated/α-hetero) is 1. The number of amides is 1. The van der Waals surface area contributed by atoms with Gasteiger partial charge in [-0.3, -0.25) is 9.59 Å². The van der Waals surface area contributed by atoms with Crippen LogP contribution in [0.25, 0.3) is 0 Å². The van der Waals surface area contributed by atoms with Crippen LogP contribution >= 0.6 is 22.9 Å². The highest BCUT2D eigenvalue weighted by Crippen LogP contribution is 2.36. The zero-order chi connectivity index (χ0) is 19.2. The van der Waals surface area contributed by atoms with E-state index in [0.29, 0.717) is 9.18 Å². The molecule has 1 amide bonds. The van der Waals surface area contributed by atoms with Crippen molar-refractivity contribution in [1.29, 1.82) is 0 Å². The summed E-state index contributed by atoms with van der Waals surface area (Å²) in [6, 6.07) is 4.31. The number of ketones is 1. The minimum absolute atomic E-state index is 0.00592. The first-order chi connectivity index (χ1) is 12.9. The van der Waals surface area contributed by atoms with Crippen LogP contribution in [-0.4, -0.2) is 49.0 Å². The van der Waals surface area contributed by atoms with Gasteiger partial charge in [0.15, 0.2) is 10.9 Å². The number of fused-ring (bicyclic) bond motifs is 1. The standard InChI is InChI=1S/C17H16ClN3O4S2/c18-12-6-4-5-11-15(12)27(24,25)21(16(11)23)10-13(22)14-9-19-17(26-14)20-7-2-1-3-8-20/h4-6,9H,1-3,7-8,10H2. The van der Waals surface area contributed by atoms with Crippen LogP contribution < -0.4 is 4.90 Å². The number of nitrogens with zero attached hydrogens (tertiary/aromatic N) is 3. The Morgan fingerprint density at radius 3 is 2.67 bits per heavy atom. The lowest BCUT2D eigenvalue weighted by atomic mass is 10.1. The first-order valence-corrected chi connectivity index (χ1v) is 11.1. The van der Waals surface area contributed by atoms with Crippen LogP contribution in [0, 0.1) is 0 Å². The second kappa shape index (κ2) is 6.88. The SMILES string of the molecule is O=C(CN1C(=O)c2cccc(Cl)c2S1(=O)=O)c1cnc(N2CCCCC2)s1. The van der Waals surface area contributed by atoms with Crippen molar-refractivity contribution >= 4 is 49.8 Å². The molecule has 27 heavy (non-hydrogen) atoms. The maximum Gasteiger partial charge on any atom is 0.269 e. The molecule has 0 N–H and O–H groups in total. The number of sulfonamides is 1. The minimum atomic E-state index is -4.14. The molecule has 7 nitrogen and oxygen atoms in total. The van der Waals surface area contributed by atoms with Gasteiger partial charge in [0.05, 0.1) is 21.7 Å². The molecule has 0 unspecified atom stereocenters. The molecule has 4 rings (SSSR count). The quantitative estimate of drug-likeness (QED) is 0.700. The van der Waals surface area contributed by atoms with Crippen molar-refractivity contribution in [3.8, 4) is 0 Å². The second-order valence-electron chi connectivity index (χ2n) is 6.41. The number of thiazole rings is 1. The smallest absolute Gasteiger partial charge is 0.269 e. The Labute approximate surface area is 165 Å². The molecular weight excluding hydrogens is 410 g/mol. The fourth-order valence-electron chi connectivity index (χ4n) is 3.28.